The van der Waals surface area contributed by atoms with Crippen molar-refractivity contribution in [2.45, 2.75) is 26.5 Å². The van der Waals surface area contributed by atoms with Gasteiger partial charge in [0, 0.05) is 38.3 Å². The van der Waals surface area contributed by atoms with E-state index < -0.39 is 0 Å². The number of amides is 1. The molecule has 0 spiro atoms. The molecule has 1 aliphatic rings. The molecule has 39 heavy (non-hydrogen) atoms. The number of quaternary nitrogens is 1. The lowest BCUT2D eigenvalue weighted by Gasteiger charge is -2.36. The zero-order valence-corrected chi connectivity index (χ0v) is 24.4. The van der Waals surface area contributed by atoms with Crippen LogP contribution in [0.15, 0.2) is 53.3 Å². The zero-order valence-electron chi connectivity index (χ0n) is 22.9. The van der Waals surface area contributed by atoms with Crippen molar-refractivity contribution in [1.82, 2.24) is 9.47 Å². The molecular formula is C29H37Cl2N4O4+. The van der Waals surface area contributed by atoms with Crippen LogP contribution >= 0.6 is 23.2 Å². The van der Waals surface area contributed by atoms with Gasteiger partial charge >= 0.3 is 6.09 Å². The molecule has 3 aromatic rings. The van der Waals surface area contributed by atoms with Gasteiger partial charge in [0.05, 0.1) is 48.5 Å². The first-order valence-corrected chi connectivity index (χ1v) is 14.1. The van der Waals surface area contributed by atoms with Gasteiger partial charge in [-0.3, -0.25) is 14.3 Å². The number of nitrogens with zero attached hydrogens (tertiary/aromatic N) is 4. The number of halogens is 2. The summed E-state index contributed by atoms with van der Waals surface area (Å²) >= 11 is 12.6. The van der Waals surface area contributed by atoms with Crippen molar-refractivity contribution in [2.24, 2.45) is 0 Å². The Hall–Kier alpha value is -2.78. The van der Waals surface area contributed by atoms with Gasteiger partial charge in [0.25, 0.3) is 5.56 Å². The maximum Gasteiger partial charge on any atom is 0.517 e. The Bertz CT molecular complexity index is 1350. The number of carbonyl (C=O) groups excluding carboxylic acids is 1. The largest absolute Gasteiger partial charge is 0.517 e. The topological polar surface area (TPSA) is 64.0 Å². The Balaban J connectivity index is 1.25. The molecule has 2 aromatic carbocycles. The second-order valence-electron chi connectivity index (χ2n) is 10.3. The van der Waals surface area contributed by atoms with E-state index in [2.05, 4.69) is 9.80 Å². The first-order chi connectivity index (χ1) is 18.7. The number of rotatable bonds is 10. The Morgan fingerprint density at radius 1 is 1.00 bits per heavy atom. The van der Waals surface area contributed by atoms with Crippen LogP contribution in [0, 0.1) is 0 Å². The summed E-state index contributed by atoms with van der Waals surface area (Å²) in [5, 5.41) is 2.08. The molecule has 1 amide bonds. The van der Waals surface area contributed by atoms with Gasteiger partial charge in [-0.15, -0.1) is 0 Å². The number of carbonyl (C=O) groups is 1. The normalized spacial score (nSPS) is 14.5. The Morgan fingerprint density at radius 2 is 1.74 bits per heavy atom. The van der Waals surface area contributed by atoms with Crippen molar-refractivity contribution in [1.29, 1.82) is 0 Å². The lowest BCUT2D eigenvalue weighted by molar-refractivity contribution is -0.815. The molecule has 0 unspecified atom stereocenters. The fraction of sp³-hybridized carbons (Fsp3) is 0.448. The molecule has 1 saturated heterocycles. The van der Waals surface area contributed by atoms with Gasteiger partial charge in [-0.05, 0) is 62.0 Å². The number of hydrogen-bond donors (Lipinski definition) is 0. The van der Waals surface area contributed by atoms with Crippen LogP contribution in [0.3, 0.4) is 0 Å². The van der Waals surface area contributed by atoms with Crippen molar-refractivity contribution >= 4 is 45.9 Å². The third kappa shape index (κ3) is 7.25. The van der Waals surface area contributed by atoms with E-state index in [0.29, 0.717) is 34.5 Å². The molecule has 0 N–H and O–H groups in total. The third-order valence-corrected chi connectivity index (χ3v) is 8.16. The maximum absolute atomic E-state index is 12.6. The summed E-state index contributed by atoms with van der Waals surface area (Å²) in [5.41, 5.74) is 1.44. The summed E-state index contributed by atoms with van der Waals surface area (Å²) in [5.74, 6) is 0.685. The van der Waals surface area contributed by atoms with Crippen LogP contribution < -0.4 is 15.2 Å². The van der Waals surface area contributed by atoms with E-state index in [-0.39, 0.29) is 22.9 Å². The van der Waals surface area contributed by atoms with Crippen molar-refractivity contribution in [3.8, 4) is 5.75 Å². The summed E-state index contributed by atoms with van der Waals surface area (Å²) in [4.78, 5) is 29.7. The molecular weight excluding hydrogens is 539 g/mol. The van der Waals surface area contributed by atoms with Gasteiger partial charge in [0.15, 0.2) is 6.73 Å². The minimum Gasteiger partial charge on any atom is -0.494 e. The van der Waals surface area contributed by atoms with E-state index in [1.165, 1.54) is 10.6 Å². The predicted octanol–water partition coefficient (Wildman–Crippen LogP) is 5.48. The minimum atomic E-state index is -0.386. The highest BCUT2D eigenvalue weighted by molar-refractivity contribution is 6.43. The SMILES string of the molecule is CC[N+](C)(C)C(=O)OCn1c(=O)ccc2ccc(OCCCCN3CCN(c4cccc(Cl)c4Cl)CC3)cc21. The molecule has 210 valence electrons. The first kappa shape index (κ1) is 29.2. The van der Waals surface area contributed by atoms with E-state index in [1.54, 1.807) is 20.2 Å². The fourth-order valence-corrected chi connectivity index (χ4v) is 4.91. The number of fused-ring (bicyclic) bond motifs is 1. The van der Waals surface area contributed by atoms with Crippen LogP contribution in [-0.2, 0) is 11.5 Å². The van der Waals surface area contributed by atoms with Gasteiger partial charge in [-0.1, -0.05) is 29.3 Å². The second-order valence-corrected chi connectivity index (χ2v) is 11.1. The lowest BCUT2D eigenvalue weighted by Crippen LogP contribution is -2.46. The van der Waals surface area contributed by atoms with Crippen LogP contribution in [0.25, 0.3) is 10.9 Å². The van der Waals surface area contributed by atoms with Gasteiger partial charge in [0.2, 0.25) is 0 Å². The molecule has 0 aliphatic carbocycles. The summed E-state index contributed by atoms with van der Waals surface area (Å²) in [6.45, 7) is 7.74. The van der Waals surface area contributed by atoms with Crippen molar-refractivity contribution in [3.63, 3.8) is 0 Å². The predicted molar refractivity (Wildman–Crippen MR) is 157 cm³/mol. The van der Waals surface area contributed by atoms with Crippen molar-refractivity contribution in [2.75, 3.05) is 64.9 Å². The standard InChI is InChI=1S/C29H37Cl2N4O4/c1-4-35(2,3)29(37)39-21-34-26-20-23(12-10-22(26)11-13-27(34)36)38-19-6-5-14-32-15-17-33(18-16-32)25-9-7-8-24(30)28(25)31/h7-13,20H,4-6,14-19,21H2,1-3H3/q+1. The van der Waals surface area contributed by atoms with Crippen LogP contribution in [0.5, 0.6) is 5.75 Å². The number of aromatic nitrogens is 1. The minimum absolute atomic E-state index is 0.0831. The number of benzene rings is 2. The summed E-state index contributed by atoms with van der Waals surface area (Å²) < 4.78 is 13.0. The van der Waals surface area contributed by atoms with E-state index in [9.17, 15) is 9.59 Å². The summed E-state index contributed by atoms with van der Waals surface area (Å²) in [7, 11) is 3.55. The summed E-state index contributed by atoms with van der Waals surface area (Å²) in [6, 6.07) is 14.7. The quantitative estimate of drug-likeness (QED) is 0.235. The van der Waals surface area contributed by atoms with Gasteiger partial charge in [-0.2, -0.15) is 4.79 Å². The van der Waals surface area contributed by atoms with Crippen LogP contribution in [-0.4, -0.2) is 80.0 Å². The van der Waals surface area contributed by atoms with Gasteiger partial charge < -0.3 is 14.4 Å². The second kappa shape index (κ2) is 13.0. The third-order valence-electron chi connectivity index (χ3n) is 7.35. The molecule has 1 aliphatic heterocycles. The molecule has 1 aromatic heterocycles. The van der Waals surface area contributed by atoms with E-state index in [4.69, 9.17) is 32.7 Å². The smallest absolute Gasteiger partial charge is 0.494 e. The molecule has 1 fully saturated rings. The van der Waals surface area contributed by atoms with E-state index in [0.717, 1.165) is 56.6 Å². The van der Waals surface area contributed by atoms with E-state index in [1.807, 2.05) is 43.3 Å². The molecule has 8 nitrogen and oxygen atoms in total. The monoisotopic (exact) mass is 575 g/mol. The number of piperazine rings is 1. The number of hydrogen-bond acceptors (Lipinski definition) is 6. The molecule has 0 radical (unpaired) electrons. The van der Waals surface area contributed by atoms with Gasteiger partial charge in [0.1, 0.15) is 5.75 Å². The molecule has 2 heterocycles. The number of unbranched alkanes of at least 4 members (excludes halogenated alkanes) is 1. The number of pyridine rings is 1. The van der Waals surface area contributed by atoms with Crippen molar-refractivity contribution in [3.05, 3.63) is 68.9 Å². The molecule has 0 bridgehead atoms. The Kier molecular flexibility index (Phi) is 9.77. The highest BCUT2D eigenvalue weighted by Crippen LogP contribution is 2.32. The Labute approximate surface area is 239 Å². The number of anilines is 1. The average molecular weight is 577 g/mol. The fourth-order valence-electron chi connectivity index (χ4n) is 4.49. The average Bonchev–Trinajstić information content (AvgIpc) is 2.94. The number of ether oxygens (including phenoxy) is 2. The molecule has 10 heteroatoms. The summed E-state index contributed by atoms with van der Waals surface area (Å²) in [6.07, 6.45) is 1.56. The highest BCUT2D eigenvalue weighted by atomic mass is 35.5. The van der Waals surface area contributed by atoms with E-state index >= 15 is 0 Å². The molecule has 0 atom stereocenters. The van der Waals surface area contributed by atoms with Crippen LogP contribution in [0.1, 0.15) is 19.8 Å². The zero-order chi connectivity index (χ0) is 28.0. The van der Waals surface area contributed by atoms with Crippen molar-refractivity contribution < 1.29 is 18.8 Å². The maximum atomic E-state index is 12.6. The first-order valence-electron chi connectivity index (χ1n) is 13.4. The Morgan fingerprint density at radius 3 is 2.49 bits per heavy atom. The van der Waals surface area contributed by atoms with Gasteiger partial charge in [-0.25, -0.2) is 4.48 Å². The van der Waals surface area contributed by atoms with Crippen LogP contribution in [0.2, 0.25) is 10.0 Å². The highest BCUT2D eigenvalue weighted by Gasteiger charge is 2.26. The molecule has 0 saturated carbocycles. The lowest BCUT2D eigenvalue weighted by atomic mass is 10.2. The van der Waals surface area contributed by atoms with Crippen LogP contribution in [0.4, 0.5) is 10.5 Å². The molecule has 4 rings (SSSR count).